The van der Waals surface area contributed by atoms with Gasteiger partial charge in [0, 0.05) is 6.04 Å². The molecular formula is C10H20N2O. The summed E-state index contributed by atoms with van der Waals surface area (Å²) in [5.74, 6) is 0.642. The zero-order valence-electron chi connectivity index (χ0n) is 8.76. The fourth-order valence-electron chi connectivity index (χ4n) is 1.62. The van der Waals surface area contributed by atoms with Gasteiger partial charge in [-0.05, 0) is 32.2 Å². The lowest BCUT2D eigenvalue weighted by molar-refractivity contribution is -0.124. The van der Waals surface area contributed by atoms with Crippen LogP contribution in [0.15, 0.2) is 0 Å². The Morgan fingerprint density at radius 1 is 1.69 bits per heavy atom. The van der Waals surface area contributed by atoms with Crippen molar-refractivity contribution in [1.82, 2.24) is 10.6 Å². The maximum Gasteiger partial charge on any atom is 0.237 e. The molecule has 1 aliphatic rings. The number of carbonyl (C=O) groups excluding carboxylic acids is 1. The second-order valence-corrected chi connectivity index (χ2v) is 4.02. The van der Waals surface area contributed by atoms with Gasteiger partial charge in [-0.25, -0.2) is 0 Å². The Labute approximate surface area is 80.3 Å². The number of hydrogen-bond donors (Lipinski definition) is 2. The van der Waals surface area contributed by atoms with Crippen molar-refractivity contribution in [3.63, 3.8) is 0 Å². The quantitative estimate of drug-likeness (QED) is 0.684. The Kier molecular flexibility index (Phi) is 3.72. The maximum absolute atomic E-state index is 11.7. The van der Waals surface area contributed by atoms with E-state index < -0.39 is 0 Å². The van der Waals surface area contributed by atoms with E-state index in [-0.39, 0.29) is 11.9 Å². The minimum Gasteiger partial charge on any atom is -0.352 e. The predicted molar refractivity (Wildman–Crippen MR) is 53.5 cm³/mol. The number of carbonyl (C=O) groups is 1. The molecule has 3 nitrogen and oxygen atoms in total. The van der Waals surface area contributed by atoms with E-state index in [1.807, 2.05) is 6.92 Å². The summed E-state index contributed by atoms with van der Waals surface area (Å²) in [4.78, 5) is 11.7. The van der Waals surface area contributed by atoms with Crippen molar-refractivity contribution >= 4 is 5.91 Å². The summed E-state index contributed by atoms with van der Waals surface area (Å²) < 4.78 is 0. The third-order valence-corrected chi connectivity index (χ3v) is 2.82. The monoisotopic (exact) mass is 184 g/mol. The zero-order valence-corrected chi connectivity index (χ0v) is 8.76. The Bertz CT molecular complexity index is 182. The number of rotatable bonds is 3. The molecule has 0 radical (unpaired) electrons. The second-order valence-electron chi connectivity index (χ2n) is 4.02. The Hall–Kier alpha value is -0.570. The lowest BCUT2D eigenvalue weighted by Crippen LogP contribution is -2.46. The van der Waals surface area contributed by atoms with Gasteiger partial charge in [0.1, 0.15) is 0 Å². The van der Waals surface area contributed by atoms with Crippen LogP contribution in [0.25, 0.3) is 0 Å². The Morgan fingerprint density at radius 3 is 2.85 bits per heavy atom. The van der Waals surface area contributed by atoms with E-state index in [2.05, 4.69) is 24.5 Å². The first-order chi connectivity index (χ1) is 6.15. The van der Waals surface area contributed by atoms with Crippen LogP contribution < -0.4 is 10.6 Å². The number of nitrogens with one attached hydrogen (secondary N) is 2. The smallest absolute Gasteiger partial charge is 0.237 e. The van der Waals surface area contributed by atoms with E-state index in [4.69, 9.17) is 0 Å². The van der Waals surface area contributed by atoms with E-state index in [1.54, 1.807) is 0 Å². The van der Waals surface area contributed by atoms with Gasteiger partial charge in [0.25, 0.3) is 0 Å². The topological polar surface area (TPSA) is 41.1 Å². The molecule has 0 aliphatic carbocycles. The molecule has 1 aliphatic heterocycles. The average Bonchev–Trinajstić information content (AvgIpc) is 2.51. The summed E-state index contributed by atoms with van der Waals surface area (Å²) in [5, 5.41) is 6.22. The van der Waals surface area contributed by atoms with E-state index >= 15 is 0 Å². The van der Waals surface area contributed by atoms with E-state index in [0.717, 1.165) is 19.4 Å². The molecule has 3 atom stereocenters. The van der Waals surface area contributed by atoms with Crippen LogP contribution in [0, 0.1) is 5.92 Å². The van der Waals surface area contributed by atoms with Crippen molar-refractivity contribution in [2.45, 2.75) is 45.7 Å². The van der Waals surface area contributed by atoms with Gasteiger partial charge in [0.2, 0.25) is 5.91 Å². The highest BCUT2D eigenvalue weighted by molar-refractivity contribution is 5.82. The van der Waals surface area contributed by atoms with Gasteiger partial charge in [-0.3, -0.25) is 4.79 Å². The first-order valence-electron chi connectivity index (χ1n) is 5.19. The number of amides is 1. The van der Waals surface area contributed by atoms with Crippen LogP contribution >= 0.6 is 0 Å². The van der Waals surface area contributed by atoms with Crippen molar-refractivity contribution < 1.29 is 4.79 Å². The molecule has 0 aromatic carbocycles. The van der Waals surface area contributed by atoms with Gasteiger partial charge >= 0.3 is 0 Å². The Balaban J connectivity index is 2.38. The lowest BCUT2D eigenvalue weighted by Gasteiger charge is -2.18. The summed E-state index contributed by atoms with van der Waals surface area (Å²) in [5.41, 5.74) is 0. The standard InChI is InChI=1S/C10H20N2O/c1-4-8(3)12-10(13)9-7(2)5-6-11-9/h7-9,11H,4-6H2,1-3H3,(H,12,13). The van der Waals surface area contributed by atoms with Gasteiger partial charge in [-0.15, -0.1) is 0 Å². The highest BCUT2D eigenvalue weighted by atomic mass is 16.2. The van der Waals surface area contributed by atoms with Crippen molar-refractivity contribution in [3.05, 3.63) is 0 Å². The van der Waals surface area contributed by atoms with Crippen LogP contribution in [0.5, 0.6) is 0 Å². The third kappa shape index (κ3) is 2.69. The average molecular weight is 184 g/mol. The zero-order chi connectivity index (χ0) is 9.84. The summed E-state index contributed by atoms with van der Waals surface area (Å²) in [6.45, 7) is 7.22. The molecule has 0 aromatic rings. The summed E-state index contributed by atoms with van der Waals surface area (Å²) >= 11 is 0. The first-order valence-corrected chi connectivity index (χ1v) is 5.19. The van der Waals surface area contributed by atoms with Crippen LogP contribution in [-0.4, -0.2) is 24.5 Å². The fourth-order valence-corrected chi connectivity index (χ4v) is 1.62. The summed E-state index contributed by atoms with van der Waals surface area (Å²) in [6.07, 6.45) is 2.10. The highest BCUT2D eigenvalue weighted by Gasteiger charge is 2.29. The van der Waals surface area contributed by atoms with E-state index in [1.165, 1.54) is 0 Å². The van der Waals surface area contributed by atoms with Gasteiger partial charge in [-0.2, -0.15) is 0 Å². The van der Waals surface area contributed by atoms with Crippen LogP contribution in [0.2, 0.25) is 0 Å². The number of hydrogen-bond acceptors (Lipinski definition) is 2. The maximum atomic E-state index is 11.7. The van der Waals surface area contributed by atoms with Gasteiger partial charge in [0.05, 0.1) is 6.04 Å². The normalized spacial score (nSPS) is 30.1. The first kappa shape index (κ1) is 10.5. The molecule has 3 unspecified atom stereocenters. The third-order valence-electron chi connectivity index (χ3n) is 2.82. The molecular weight excluding hydrogens is 164 g/mol. The van der Waals surface area contributed by atoms with Crippen LogP contribution in [0.4, 0.5) is 0 Å². The van der Waals surface area contributed by atoms with Crippen molar-refractivity contribution in [2.75, 3.05) is 6.54 Å². The Morgan fingerprint density at radius 2 is 2.38 bits per heavy atom. The molecule has 1 amide bonds. The van der Waals surface area contributed by atoms with Crippen molar-refractivity contribution in [1.29, 1.82) is 0 Å². The summed E-state index contributed by atoms with van der Waals surface area (Å²) in [6, 6.07) is 0.330. The van der Waals surface area contributed by atoms with Gasteiger partial charge in [0.15, 0.2) is 0 Å². The molecule has 13 heavy (non-hydrogen) atoms. The molecule has 0 bridgehead atoms. The van der Waals surface area contributed by atoms with Crippen molar-refractivity contribution in [2.24, 2.45) is 5.92 Å². The SMILES string of the molecule is CCC(C)NC(=O)C1NCCC1C. The molecule has 1 heterocycles. The largest absolute Gasteiger partial charge is 0.352 e. The van der Waals surface area contributed by atoms with Gasteiger partial charge < -0.3 is 10.6 Å². The molecule has 2 N–H and O–H groups in total. The molecule has 3 heteroatoms. The van der Waals surface area contributed by atoms with Crippen molar-refractivity contribution in [3.8, 4) is 0 Å². The molecule has 0 spiro atoms. The highest BCUT2D eigenvalue weighted by Crippen LogP contribution is 2.14. The summed E-state index contributed by atoms with van der Waals surface area (Å²) in [7, 11) is 0. The van der Waals surface area contributed by atoms with Gasteiger partial charge in [-0.1, -0.05) is 13.8 Å². The minimum atomic E-state index is 0.0361. The molecule has 0 saturated carbocycles. The van der Waals surface area contributed by atoms with Crippen LogP contribution in [0.1, 0.15) is 33.6 Å². The molecule has 76 valence electrons. The molecule has 1 fully saturated rings. The fraction of sp³-hybridized carbons (Fsp3) is 0.900. The molecule has 1 saturated heterocycles. The second kappa shape index (κ2) is 4.61. The van der Waals surface area contributed by atoms with Crippen LogP contribution in [-0.2, 0) is 4.79 Å². The lowest BCUT2D eigenvalue weighted by atomic mass is 10.0. The van der Waals surface area contributed by atoms with E-state index in [0.29, 0.717) is 12.0 Å². The minimum absolute atomic E-state index is 0.0361. The molecule has 0 aromatic heterocycles. The predicted octanol–water partition coefficient (Wildman–Crippen LogP) is 0.899. The van der Waals surface area contributed by atoms with E-state index in [9.17, 15) is 4.79 Å². The van der Waals surface area contributed by atoms with Crippen LogP contribution in [0.3, 0.4) is 0 Å². The molecule has 1 rings (SSSR count).